The molecular weight excluding hydrogens is 520 g/mol. The van der Waals surface area contributed by atoms with E-state index in [4.69, 9.17) is 9.47 Å². The van der Waals surface area contributed by atoms with Crippen LogP contribution in [0.15, 0.2) is 12.4 Å². The molecular formula is C24H31F6N5O3. The maximum absolute atomic E-state index is 13.8. The molecule has 1 aliphatic carbocycles. The molecule has 8 nitrogen and oxygen atoms in total. The van der Waals surface area contributed by atoms with E-state index in [1.54, 1.807) is 12.0 Å². The largest absolute Gasteiger partial charge is 0.434 e. The van der Waals surface area contributed by atoms with Crippen molar-refractivity contribution in [2.24, 2.45) is 5.41 Å². The number of piperazine rings is 1. The molecule has 0 spiro atoms. The number of likely N-dealkylation sites (tertiary alicyclic amines) is 1. The second-order valence-electron chi connectivity index (χ2n) is 10.8. The summed E-state index contributed by atoms with van der Waals surface area (Å²) in [5.74, 6) is -0.463. The van der Waals surface area contributed by atoms with Crippen LogP contribution in [0.2, 0.25) is 0 Å². The zero-order valence-corrected chi connectivity index (χ0v) is 20.9. The van der Waals surface area contributed by atoms with Gasteiger partial charge in [0.2, 0.25) is 5.91 Å². The summed E-state index contributed by atoms with van der Waals surface area (Å²) in [6, 6.07) is -1.06. The molecule has 212 valence electrons. The maximum atomic E-state index is 13.8. The van der Waals surface area contributed by atoms with Gasteiger partial charge < -0.3 is 24.6 Å². The fourth-order valence-electron chi connectivity index (χ4n) is 6.65. The third kappa shape index (κ3) is 5.44. The van der Waals surface area contributed by atoms with E-state index >= 15 is 0 Å². The molecule has 38 heavy (non-hydrogen) atoms. The summed E-state index contributed by atoms with van der Waals surface area (Å²) >= 11 is 0. The lowest BCUT2D eigenvalue weighted by Crippen LogP contribution is -2.54. The molecule has 3 saturated heterocycles. The number of amides is 1. The average Bonchev–Trinajstić information content (AvgIpc) is 3.58. The molecule has 5 rings (SSSR count). The summed E-state index contributed by atoms with van der Waals surface area (Å²) < 4.78 is 91.5. The number of hydrogen-bond donors (Lipinski definition) is 1. The summed E-state index contributed by atoms with van der Waals surface area (Å²) in [6.45, 7) is 1.27. The maximum Gasteiger partial charge on any atom is 0.434 e. The number of methoxy groups -OCH3 is 1. The third-order valence-electron chi connectivity index (χ3n) is 8.37. The van der Waals surface area contributed by atoms with Crippen LogP contribution in [0.25, 0.3) is 0 Å². The number of aromatic nitrogens is 2. The van der Waals surface area contributed by atoms with Gasteiger partial charge in [0.25, 0.3) is 0 Å². The third-order valence-corrected chi connectivity index (χ3v) is 8.37. The Kier molecular flexibility index (Phi) is 7.27. The van der Waals surface area contributed by atoms with E-state index in [0.29, 0.717) is 38.7 Å². The van der Waals surface area contributed by atoms with Gasteiger partial charge in [0.1, 0.15) is 5.82 Å². The molecule has 4 aliphatic rings. The molecule has 1 aromatic heterocycles. The van der Waals surface area contributed by atoms with Gasteiger partial charge in [-0.25, -0.2) is 4.98 Å². The molecule has 1 amide bonds. The Labute approximate surface area is 216 Å². The molecule has 1 saturated carbocycles. The molecule has 3 aliphatic heterocycles. The van der Waals surface area contributed by atoms with Gasteiger partial charge in [-0.1, -0.05) is 0 Å². The molecule has 14 heteroatoms. The van der Waals surface area contributed by atoms with Gasteiger partial charge in [-0.15, -0.1) is 0 Å². The summed E-state index contributed by atoms with van der Waals surface area (Å²) in [4.78, 5) is 24.3. The van der Waals surface area contributed by atoms with Gasteiger partial charge in [0.05, 0.1) is 49.0 Å². The number of halogens is 6. The van der Waals surface area contributed by atoms with Crippen LogP contribution in [0.3, 0.4) is 0 Å². The topological polar surface area (TPSA) is 79.8 Å². The first-order chi connectivity index (χ1) is 17.9. The number of carbonyl (C=O) groups is 1. The van der Waals surface area contributed by atoms with E-state index < -0.39 is 41.8 Å². The Morgan fingerprint density at radius 1 is 1.18 bits per heavy atom. The molecule has 4 heterocycles. The average molecular weight is 552 g/mol. The first-order valence-electron chi connectivity index (χ1n) is 12.8. The van der Waals surface area contributed by atoms with Gasteiger partial charge in [-0.05, 0) is 32.1 Å². The van der Waals surface area contributed by atoms with Gasteiger partial charge in [-0.2, -0.15) is 26.3 Å². The van der Waals surface area contributed by atoms with E-state index in [1.807, 2.05) is 0 Å². The van der Waals surface area contributed by atoms with Gasteiger partial charge >= 0.3 is 12.4 Å². The fourth-order valence-corrected chi connectivity index (χ4v) is 6.65. The minimum Gasteiger partial charge on any atom is -0.379 e. The van der Waals surface area contributed by atoms with Crippen molar-refractivity contribution in [3.8, 4) is 0 Å². The zero-order chi connectivity index (χ0) is 27.3. The minimum atomic E-state index is -4.64. The molecule has 0 aromatic carbocycles. The van der Waals surface area contributed by atoms with Gasteiger partial charge in [0, 0.05) is 38.9 Å². The summed E-state index contributed by atoms with van der Waals surface area (Å²) in [5.41, 5.74) is -2.69. The van der Waals surface area contributed by atoms with Crippen LogP contribution in [0, 0.1) is 5.41 Å². The molecule has 0 unspecified atom stereocenters. The van der Waals surface area contributed by atoms with Gasteiger partial charge in [0.15, 0.2) is 5.69 Å². The van der Waals surface area contributed by atoms with E-state index in [0.717, 1.165) is 0 Å². The number of nitrogens with one attached hydrogen (secondary N) is 1. The predicted octanol–water partition coefficient (Wildman–Crippen LogP) is 3.17. The second kappa shape index (κ2) is 10.1. The summed E-state index contributed by atoms with van der Waals surface area (Å²) in [6.07, 6.45) is -6.94. The van der Waals surface area contributed by atoms with Gasteiger partial charge in [-0.3, -0.25) is 9.78 Å². The Morgan fingerprint density at radius 3 is 2.63 bits per heavy atom. The number of carbonyl (C=O) groups excluding carboxylic acids is 1. The Morgan fingerprint density at radius 2 is 1.97 bits per heavy atom. The van der Waals surface area contributed by atoms with Crippen LogP contribution in [-0.2, 0) is 20.4 Å². The van der Waals surface area contributed by atoms with Crippen molar-refractivity contribution in [3.63, 3.8) is 0 Å². The van der Waals surface area contributed by atoms with Crippen molar-refractivity contribution in [1.82, 2.24) is 20.2 Å². The first kappa shape index (κ1) is 27.4. The van der Waals surface area contributed by atoms with Crippen LogP contribution >= 0.6 is 0 Å². The SMILES string of the molecule is CO[C@@H]1COCC[C@@H]1N[C@@H]1CC[C@](CC(F)(F)F)(C(=O)N2C[C@H]3C[C@H]2CN3c2cncc(C(F)(F)F)n2)C1. The lowest BCUT2D eigenvalue weighted by Gasteiger charge is -2.40. The number of alkyl halides is 6. The molecule has 0 radical (unpaired) electrons. The van der Waals surface area contributed by atoms with Crippen molar-refractivity contribution in [2.75, 3.05) is 38.3 Å². The highest BCUT2D eigenvalue weighted by Gasteiger charge is 2.57. The lowest BCUT2D eigenvalue weighted by molar-refractivity contribution is -0.174. The van der Waals surface area contributed by atoms with E-state index in [9.17, 15) is 31.1 Å². The predicted molar refractivity (Wildman–Crippen MR) is 122 cm³/mol. The molecule has 1 aromatic rings. The number of nitrogens with zero attached hydrogens (tertiary/aromatic N) is 4. The summed E-state index contributed by atoms with van der Waals surface area (Å²) in [7, 11) is 1.57. The van der Waals surface area contributed by atoms with Crippen molar-refractivity contribution in [2.45, 2.75) is 81.1 Å². The monoisotopic (exact) mass is 551 g/mol. The number of rotatable bonds is 6. The molecule has 6 atom stereocenters. The van der Waals surface area contributed by atoms with Crippen LogP contribution in [0.1, 0.15) is 44.2 Å². The zero-order valence-electron chi connectivity index (χ0n) is 20.9. The second-order valence-corrected chi connectivity index (χ2v) is 10.8. The Hall–Kier alpha value is -2.19. The van der Waals surface area contributed by atoms with Crippen molar-refractivity contribution < 1.29 is 40.6 Å². The lowest BCUT2D eigenvalue weighted by atomic mass is 9.80. The first-order valence-corrected chi connectivity index (χ1v) is 12.8. The molecule has 1 N–H and O–H groups in total. The number of anilines is 1. The van der Waals surface area contributed by atoms with E-state index in [1.165, 1.54) is 11.1 Å². The minimum absolute atomic E-state index is 0.0544. The normalized spacial score (nSPS) is 33.8. The highest BCUT2D eigenvalue weighted by atomic mass is 19.4. The fraction of sp³-hybridized carbons (Fsp3) is 0.792. The van der Waals surface area contributed by atoms with Crippen LogP contribution in [-0.4, -0.2) is 90.6 Å². The quantitative estimate of drug-likeness (QED) is 0.545. The number of fused-ring (bicyclic) bond motifs is 2. The Balaban J connectivity index is 1.29. The van der Waals surface area contributed by atoms with E-state index in [2.05, 4.69) is 15.3 Å². The van der Waals surface area contributed by atoms with Crippen LogP contribution < -0.4 is 10.2 Å². The Bertz CT molecular complexity index is 1030. The van der Waals surface area contributed by atoms with Crippen LogP contribution in [0.5, 0.6) is 0 Å². The van der Waals surface area contributed by atoms with Crippen molar-refractivity contribution in [1.29, 1.82) is 0 Å². The standard InChI is InChI=1S/C24H31F6N5O3/c1-37-18-12-38-5-3-17(18)32-14-2-4-22(7-14,13-23(25,26)27)21(36)35-11-15-6-16(35)10-34(15)20-9-31-8-19(33-20)24(28,29)30/h8-9,14-18,32H,2-7,10-13H2,1H3/t14-,15-,16+,17+,18-,22+/m1/s1. The van der Waals surface area contributed by atoms with Crippen LogP contribution in [0.4, 0.5) is 32.2 Å². The van der Waals surface area contributed by atoms with Crippen molar-refractivity contribution in [3.05, 3.63) is 18.1 Å². The van der Waals surface area contributed by atoms with Crippen molar-refractivity contribution >= 4 is 11.7 Å². The summed E-state index contributed by atoms with van der Waals surface area (Å²) in [5, 5.41) is 3.43. The smallest absolute Gasteiger partial charge is 0.379 e. The highest BCUT2D eigenvalue weighted by Crippen LogP contribution is 2.49. The van der Waals surface area contributed by atoms with E-state index in [-0.39, 0.29) is 56.0 Å². The molecule has 4 fully saturated rings. The molecule has 2 bridgehead atoms. The highest BCUT2D eigenvalue weighted by molar-refractivity contribution is 5.84. The number of hydrogen-bond acceptors (Lipinski definition) is 7. The number of ether oxygens (including phenoxy) is 2.